The van der Waals surface area contributed by atoms with Crippen molar-refractivity contribution in [3.8, 4) is 0 Å². The van der Waals surface area contributed by atoms with Crippen molar-refractivity contribution in [2.75, 3.05) is 39.0 Å². The molecule has 2 atom stereocenters. The molecule has 3 aliphatic rings. The number of likely N-dealkylation sites (tertiary alicyclic amines) is 1. The van der Waals surface area contributed by atoms with Gasteiger partial charge in [0.05, 0.1) is 14.1 Å². The summed E-state index contributed by atoms with van der Waals surface area (Å²) >= 11 is 0. The van der Waals surface area contributed by atoms with E-state index >= 15 is 0 Å². The van der Waals surface area contributed by atoms with Gasteiger partial charge in [-0.3, -0.25) is 9.59 Å². The third-order valence-corrected chi connectivity index (χ3v) is 6.61. The first-order chi connectivity index (χ1) is 14.4. The summed E-state index contributed by atoms with van der Waals surface area (Å²) in [4.78, 5) is 40.9. The first-order valence-electron chi connectivity index (χ1n) is 11.3. The summed E-state index contributed by atoms with van der Waals surface area (Å²) in [6.07, 6.45) is 6.82. The number of carbonyl (C=O) groups excluding carboxylic acids is 2. The molecule has 3 heterocycles. The molecular weight excluding hydrogens is 382 g/mol. The van der Waals surface area contributed by atoms with Crippen LogP contribution in [0.4, 0.5) is 10.5 Å². The lowest BCUT2D eigenvalue weighted by Crippen LogP contribution is -3.06. The Hall–Kier alpha value is -2.35. The number of fused-ring (bicyclic) bond motifs is 4. The molecule has 2 bridgehead atoms. The Labute approximate surface area is 177 Å². The molecule has 4 rings (SSSR count). The van der Waals surface area contributed by atoms with Crippen molar-refractivity contribution in [1.29, 1.82) is 0 Å². The second kappa shape index (κ2) is 8.79. The third-order valence-electron chi connectivity index (χ3n) is 6.61. The Morgan fingerprint density at radius 3 is 2.60 bits per heavy atom. The van der Waals surface area contributed by atoms with Crippen LogP contribution < -0.4 is 21.1 Å². The van der Waals surface area contributed by atoms with Crippen LogP contribution in [-0.4, -0.2) is 61.2 Å². The zero-order chi connectivity index (χ0) is 21.3. The second-order valence-corrected chi connectivity index (χ2v) is 9.51. The van der Waals surface area contributed by atoms with Crippen molar-refractivity contribution in [1.82, 2.24) is 14.8 Å². The van der Waals surface area contributed by atoms with E-state index in [2.05, 4.69) is 10.6 Å². The summed E-state index contributed by atoms with van der Waals surface area (Å²) in [5, 5.41) is 5.99. The highest BCUT2D eigenvalue weighted by Crippen LogP contribution is 2.35. The number of urea groups is 1. The molecule has 1 aromatic heterocycles. The van der Waals surface area contributed by atoms with Crippen molar-refractivity contribution >= 4 is 17.6 Å². The van der Waals surface area contributed by atoms with Crippen molar-refractivity contribution in [3.05, 3.63) is 28.2 Å². The van der Waals surface area contributed by atoms with Crippen molar-refractivity contribution < 1.29 is 14.5 Å². The number of anilines is 1. The number of carbonyl (C=O) groups is 2. The Bertz CT molecular complexity index is 859. The molecule has 3 N–H and O–H groups in total. The lowest BCUT2D eigenvalue weighted by molar-refractivity contribution is -0.849. The summed E-state index contributed by atoms with van der Waals surface area (Å²) < 4.78 is 1.81. The quantitative estimate of drug-likeness (QED) is 0.664. The van der Waals surface area contributed by atoms with Crippen LogP contribution in [0.15, 0.2) is 16.9 Å². The van der Waals surface area contributed by atoms with E-state index in [9.17, 15) is 14.4 Å². The predicted molar refractivity (Wildman–Crippen MR) is 115 cm³/mol. The average Bonchev–Trinajstić information content (AvgIpc) is 2.70. The lowest BCUT2D eigenvalue weighted by atomic mass is 9.83. The van der Waals surface area contributed by atoms with Gasteiger partial charge in [-0.25, -0.2) is 4.79 Å². The Kier molecular flexibility index (Phi) is 6.13. The first kappa shape index (κ1) is 20.9. The van der Waals surface area contributed by atoms with E-state index in [1.165, 1.54) is 19.3 Å². The molecule has 2 fully saturated rings. The van der Waals surface area contributed by atoms with Crippen molar-refractivity contribution in [2.45, 2.75) is 57.0 Å². The number of quaternary nitrogens is 1. The number of likely N-dealkylation sites (N-methyl/N-ethyl adjacent to an activating group) is 1. The van der Waals surface area contributed by atoms with Gasteiger partial charge < -0.3 is 25.0 Å². The van der Waals surface area contributed by atoms with Gasteiger partial charge in [-0.2, -0.15) is 0 Å². The van der Waals surface area contributed by atoms with Crippen LogP contribution in [0.2, 0.25) is 0 Å². The summed E-state index contributed by atoms with van der Waals surface area (Å²) in [7, 11) is 3.80. The van der Waals surface area contributed by atoms with E-state index in [0.717, 1.165) is 29.9 Å². The van der Waals surface area contributed by atoms with Gasteiger partial charge >= 0.3 is 6.03 Å². The molecule has 0 radical (unpaired) electrons. The van der Waals surface area contributed by atoms with Crippen LogP contribution in [0.5, 0.6) is 0 Å². The van der Waals surface area contributed by atoms with Gasteiger partial charge in [0.15, 0.2) is 6.54 Å². The molecule has 30 heavy (non-hydrogen) atoms. The fourth-order valence-corrected chi connectivity index (χ4v) is 5.24. The van der Waals surface area contributed by atoms with Gasteiger partial charge in [-0.1, -0.05) is 19.3 Å². The minimum atomic E-state index is -0.158. The number of hydrogen-bond donors (Lipinski definition) is 3. The van der Waals surface area contributed by atoms with E-state index in [-0.39, 0.29) is 29.3 Å². The van der Waals surface area contributed by atoms with Crippen LogP contribution in [0.1, 0.15) is 50.1 Å². The van der Waals surface area contributed by atoms with Crippen LogP contribution in [0.3, 0.4) is 0 Å². The SMILES string of the molecule is C[NH+](C)CC(=O)Nc1ccc2n(c1=O)C[C@H]1C[C@@H]2CN(C(=O)NC2CCCCC2)C1. The highest BCUT2D eigenvalue weighted by atomic mass is 16.2. The van der Waals surface area contributed by atoms with E-state index in [0.29, 0.717) is 37.9 Å². The normalized spacial score (nSPS) is 23.8. The first-order valence-corrected chi connectivity index (χ1v) is 11.3. The van der Waals surface area contributed by atoms with Gasteiger partial charge in [-0.05, 0) is 37.3 Å². The molecule has 1 saturated carbocycles. The monoisotopic (exact) mass is 416 g/mol. The predicted octanol–water partition coefficient (Wildman–Crippen LogP) is 0.393. The maximum absolute atomic E-state index is 13.0. The molecule has 1 aromatic rings. The van der Waals surface area contributed by atoms with E-state index in [1.54, 1.807) is 6.07 Å². The number of amides is 3. The third kappa shape index (κ3) is 4.53. The van der Waals surface area contributed by atoms with Gasteiger partial charge in [0.2, 0.25) is 0 Å². The van der Waals surface area contributed by atoms with Gasteiger partial charge in [0.25, 0.3) is 11.5 Å². The highest BCUT2D eigenvalue weighted by Gasteiger charge is 2.37. The molecule has 0 aromatic carbocycles. The maximum Gasteiger partial charge on any atom is 0.317 e. The Morgan fingerprint density at radius 2 is 1.87 bits per heavy atom. The minimum absolute atomic E-state index is 0.0439. The fraction of sp³-hybridized carbons (Fsp3) is 0.682. The number of hydrogen-bond acceptors (Lipinski definition) is 3. The topological polar surface area (TPSA) is 87.9 Å². The van der Waals surface area contributed by atoms with Gasteiger partial charge in [0, 0.05) is 37.3 Å². The summed E-state index contributed by atoms with van der Waals surface area (Å²) in [5.74, 6) is 0.274. The van der Waals surface area contributed by atoms with Gasteiger partial charge in [0.1, 0.15) is 5.69 Å². The smallest absolute Gasteiger partial charge is 0.317 e. The van der Waals surface area contributed by atoms with Crippen molar-refractivity contribution in [2.24, 2.45) is 5.92 Å². The Balaban J connectivity index is 1.46. The molecule has 2 aliphatic heterocycles. The summed E-state index contributed by atoms with van der Waals surface area (Å²) in [6.45, 7) is 2.24. The highest BCUT2D eigenvalue weighted by molar-refractivity contribution is 5.91. The molecule has 1 saturated heterocycles. The number of aromatic nitrogens is 1. The molecule has 8 nitrogen and oxygen atoms in total. The average molecular weight is 417 g/mol. The lowest BCUT2D eigenvalue weighted by Gasteiger charge is -2.43. The van der Waals surface area contributed by atoms with Crippen LogP contribution >= 0.6 is 0 Å². The molecule has 0 spiro atoms. The van der Waals surface area contributed by atoms with Crippen molar-refractivity contribution in [3.63, 3.8) is 0 Å². The van der Waals surface area contributed by atoms with E-state index in [4.69, 9.17) is 0 Å². The van der Waals surface area contributed by atoms with Gasteiger partial charge in [-0.15, -0.1) is 0 Å². The zero-order valence-corrected chi connectivity index (χ0v) is 18.1. The van der Waals surface area contributed by atoms with Crippen LogP contribution in [-0.2, 0) is 11.3 Å². The standard InChI is InChI=1S/C22H33N5O3/c1-25(2)14-20(28)24-18-8-9-19-16-10-15(12-27(19)21(18)29)11-26(13-16)22(30)23-17-6-4-3-5-7-17/h8-9,15-17H,3-7,10-14H2,1-2H3,(H,23,30)(H,24,28)/p+1/t15-,16+/m0/s1. The number of pyridine rings is 1. The maximum atomic E-state index is 13.0. The molecular formula is C22H34N5O3+. The molecule has 164 valence electrons. The summed E-state index contributed by atoms with van der Waals surface area (Å²) in [5.41, 5.74) is 1.18. The minimum Gasteiger partial charge on any atom is -0.335 e. The Morgan fingerprint density at radius 1 is 1.10 bits per heavy atom. The van der Waals surface area contributed by atoms with Crippen LogP contribution in [0.25, 0.3) is 0 Å². The molecule has 0 unspecified atom stereocenters. The van der Waals surface area contributed by atoms with E-state index in [1.807, 2.05) is 29.6 Å². The molecule has 3 amide bonds. The second-order valence-electron chi connectivity index (χ2n) is 9.51. The van der Waals surface area contributed by atoms with Crippen LogP contribution in [0, 0.1) is 5.92 Å². The number of rotatable bonds is 4. The van der Waals surface area contributed by atoms with E-state index < -0.39 is 0 Å². The number of nitrogens with one attached hydrogen (secondary N) is 3. The number of nitrogens with zero attached hydrogens (tertiary/aromatic N) is 2. The summed E-state index contributed by atoms with van der Waals surface area (Å²) in [6, 6.07) is 4.02. The zero-order valence-electron chi connectivity index (χ0n) is 18.1. The molecule has 8 heteroatoms. The number of piperidine rings is 1. The fourth-order valence-electron chi connectivity index (χ4n) is 5.24. The largest absolute Gasteiger partial charge is 0.335 e. The molecule has 1 aliphatic carbocycles.